The van der Waals surface area contributed by atoms with Gasteiger partial charge in [-0.25, -0.2) is 0 Å². The van der Waals surface area contributed by atoms with Gasteiger partial charge in [-0.1, -0.05) is 31.2 Å². The van der Waals surface area contributed by atoms with Gasteiger partial charge in [-0.05, 0) is 55.7 Å². The third-order valence-corrected chi connectivity index (χ3v) is 3.85. The van der Waals surface area contributed by atoms with Crippen molar-refractivity contribution in [2.45, 2.75) is 50.5 Å². The first kappa shape index (κ1) is 12.6. The molecule has 17 heavy (non-hydrogen) atoms. The van der Waals surface area contributed by atoms with Gasteiger partial charge >= 0.3 is 0 Å². The maximum atomic E-state index is 9.79. The fraction of sp³-hybridized carbons (Fsp3) is 0.600. The van der Waals surface area contributed by atoms with Crippen LogP contribution in [0.3, 0.4) is 0 Å². The Balaban J connectivity index is 1.88. The van der Waals surface area contributed by atoms with Crippen LogP contribution in [0.25, 0.3) is 0 Å². The number of benzene rings is 1. The Bertz CT molecular complexity index is 354. The van der Waals surface area contributed by atoms with Gasteiger partial charge in [-0.3, -0.25) is 0 Å². The molecule has 1 aliphatic carbocycles. The summed E-state index contributed by atoms with van der Waals surface area (Å²) in [6.45, 7) is 2.96. The monoisotopic (exact) mass is 233 g/mol. The summed E-state index contributed by atoms with van der Waals surface area (Å²) in [5.41, 5.74) is 7.94. The minimum Gasteiger partial charge on any atom is -0.390 e. The molecule has 1 aliphatic rings. The molecule has 2 heteroatoms. The average Bonchev–Trinajstić information content (AvgIpc) is 3.06. The molecule has 0 spiro atoms. The smallest absolute Gasteiger partial charge is 0.0653 e. The van der Waals surface area contributed by atoms with Crippen molar-refractivity contribution in [3.05, 3.63) is 35.4 Å². The Kier molecular flexibility index (Phi) is 3.85. The van der Waals surface area contributed by atoms with E-state index in [1.54, 1.807) is 0 Å². The van der Waals surface area contributed by atoms with Crippen LogP contribution in [0.5, 0.6) is 0 Å². The van der Waals surface area contributed by atoms with Gasteiger partial charge in [0.2, 0.25) is 0 Å². The summed E-state index contributed by atoms with van der Waals surface area (Å²) in [5, 5.41) is 9.79. The van der Waals surface area contributed by atoms with Crippen molar-refractivity contribution < 1.29 is 5.11 Å². The molecule has 0 saturated heterocycles. The van der Waals surface area contributed by atoms with Crippen molar-refractivity contribution >= 4 is 0 Å². The van der Waals surface area contributed by atoms with Gasteiger partial charge in [-0.2, -0.15) is 0 Å². The fourth-order valence-electron chi connectivity index (χ4n) is 2.20. The molecule has 1 atom stereocenters. The molecule has 2 rings (SSSR count). The van der Waals surface area contributed by atoms with E-state index in [0.717, 1.165) is 38.6 Å². The highest BCUT2D eigenvalue weighted by Crippen LogP contribution is 2.39. The average molecular weight is 233 g/mol. The summed E-state index contributed by atoms with van der Waals surface area (Å²) in [4.78, 5) is 0. The highest BCUT2D eigenvalue weighted by Gasteiger charge is 2.39. The van der Waals surface area contributed by atoms with Crippen LogP contribution >= 0.6 is 0 Å². The molecule has 1 unspecified atom stereocenters. The molecule has 0 bridgehead atoms. The largest absolute Gasteiger partial charge is 0.390 e. The summed E-state index contributed by atoms with van der Waals surface area (Å²) in [6, 6.07) is 8.78. The second-order valence-corrected chi connectivity index (χ2v) is 5.44. The fourth-order valence-corrected chi connectivity index (χ4v) is 2.20. The summed E-state index contributed by atoms with van der Waals surface area (Å²) in [6.07, 6.45) is 4.91. The summed E-state index contributed by atoms with van der Waals surface area (Å²) in [5.74, 6) is 0.543. The Hall–Kier alpha value is -0.860. The molecule has 0 aliphatic heterocycles. The van der Waals surface area contributed by atoms with Gasteiger partial charge in [0.15, 0.2) is 0 Å². The Morgan fingerprint density at radius 2 is 1.94 bits per heavy atom. The molecule has 1 aromatic carbocycles. The first-order valence-electron chi connectivity index (χ1n) is 6.64. The van der Waals surface area contributed by atoms with E-state index < -0.39 is 0 Å². The van der Waals surface area contributed by atoms with Gasteiger partial charge in [0.25, 0.3) is 0 Å². The zero-order valence-corrected chi connectivity index (χ0v) is 10.7. The summed E-state index contributed by atoms with van der Waals surface area (Å²) in [7, 11) is 0. The zero-order chi connectivity index (χ0) is 12.3. The van der Waals surface area contributed by atoms with Crippen LogP contribution in [0.1, 0.15) is 49.7 Å². The number of nitrogens with two attached hydrogens (primary N) is 1. The van der Waals surface area contributed by atoms with E-state index in [1.165, 1.54) is 11.1 Å². The van der Waals surface area contributed by atoms with Crippen molar-refractivity contribution in [2.24, 2.45) is 5.73 Å². The normalized spacial score (nSPS) is 19.0. The van der Waals surface area contributed by atoms with Crippen molar-refractivity contribution in [3.8, 4) is 0 Å². The Morgan fingerprint density at radius 1 is 1.29 bits per heavy atom. The second-order valence-electron chi connectivity index (χ2n) is 5.44. The lowest BCUT2D eigenvalue weighted by Gasteiger charge is -2.12. The number of aryl methyl sites for hydroxylation is 1. The minimum atomic E-state index is -0.328. The highest BCUT2D eigenvalue weighted by molar-refractivity contribution is 5.25. The van der Waals surface area contributed by atoms with Crippen molar-refractivity contribution in [3.63, 3.8) is 0 Å². The van der Waals surface area contributed by atoms with E-state index in [-0.39, 0.29) is 5.60 Å². The number of hydrogen-bond acceptors (Lipinski definition) is 2. The first-order chi connectivity index (χ1) is 8.13. The van der Waals surface area contributed by atoms with Gasteiger partial charge < -0.3 is 10.8 Å². The van der Waals surface area contributed by atoms with Gasteiger partial charge in [-0.15, -0.1) is 0 Å². The third-order valence-electron chi connectivity index (χ3n) is 3.85. The molecule has 94 valence electrons. The lowest BCUT2D eigenvalue weighted by atomic mass is 9.95. The van der Waals surface area contributed by atoms with Crippen LogP contribution in [0.4, 0.5) is 0 Å². The lowest BCUT2D eigenvalue weighted by molar-refractivity contribution is 0.140. The SMILES string of the molecule is CC(CCN)c1ccc(CCC2(O)CC2)cc1. The molecule has 0 aromatic heterocycles. The van der Waals surface area contributed by atoms with E-state index in [9.17, 15) is 5.11 Å². The molecule has 0 radical (unpaired) electrons. The molecule has 1 saturated carbocycles. The van der Waals surface area contributed by atoms with E-state index >= 15 is 0 Å². The quantitative estimate of drug-likeness (QED) is 0.793. The number of aliphatic hydroxyl groups is 1. The second kappa shape index (κ2) is 5.19. The maximum absolute atomic E-state index is 9.79. The van der Waals surface area contributed by atoms with E-state index in [4.69, 9.17) is 5.73 Å². The summed E-state index contributed by atoms with van der Waals surface area (Å²) >= 11 is 0. The van der Waals surface area contributed by atoms with Crippen LogP contribution in [0, 0.1) is 0 Å². The molecule has 0 amide bonds. The molecule has 1 fully saturated rings. The molecule has 3 N–H and O–H groups in total. The Labute approximate surface area is 104 Å². The molecule has 0 heterocycles. The van der Waals surface area contributed by atoms with Crippen LogP contribution in [-0.4, -0.2) is 17.3 Å². The summed E-state index contributed by atoms with van der Waals surface area (Å²) < 4.78 is 0. The highest BCUT2D eigenvalue weighted by atomic mass is 16.3. The topological polar surface area (TPSA) is 46.2 Å². The number of rotatable bonds is 6. The van der Waals surface area contributed by atoms with Gasteiger partial charge in [0, 0.05) is 0 Å². The number of hydrogen-bond donors (Lipinski definition) is 2. The maximum Gasteiger partial charge on any atom is 0.0653 e. The lowest BCUT2D eigenvalue weighted by Crippen LogP contribution is -2.08. The molecular weight excluding hydrogens is 210 g/mol. The predicted molar refractivity (Wildman–Crippen MR) is 71.0 cm³/mol. The van der Waals surface area contributed by atoms with Crippen molar-refractivity contribution in [1.82, 2.24) is 0 Å². The molecular formula is C15H23NO. The minimum absolute atomic E-state index is 0.328. The Morgan fingerprint density at radius 3 is 2.47 bits per heavy atom. The van der Waals surface area contributed by atoms with Crippen molar-refractivity contribution in [1.29, 1.82) is 0 Å². The van der Waals surface area contributed by atoms with Crippen molar-refractivity contribution in [2.75, 3.05) is 6.54 Å². The van der Waals surface area contributed by atoms with E-state index in [2.05, 4.69) is 31.2 Å². The zero-order valence-electron chi connectivity index (χ0n) is 10.7. The van der Waals surface area contributed by atoms with Crippen LogP contribution < -0.4 is 5.73 Å². The molecule has 2 nitrogen and oxygen atoms in total. The van der Waals surface area contributed by atoms with E-state index in [1.807, 2.05) is 0 Å². The van der Waals surface area contributed by atoms with E-state index in [0.29, 0.717) is 5.92 Å². The van der Waals surface area contributed by atoms with Crippen LogP contribution in [0.2, 0.25) is 0 Å². The predicted octanol–water partition coefficient (Wildman–Crippen LogP) is 2.60. The van der Waals surface area contributed by atoms with Gasteiger partial charge in [0.05, 0.1) is 5.60 Å². The van der Waals surface area contributed by atoms with Gasteiger partial charge in [0.1, 0.15) is 0 Å². The third kappa shape index (κ3) is 3.55. The standard InChI is InChI=1S/C15H23NO/c1-12(7-11-16)14-4-2-13(3-5-14)6-8-15(17)9-10-15/h2-5,12,17H,6-11,16H2,1H3. The van der Waals surface area contributed by atoms with Crippen LogP contribution in [-0.2, 0) is 6.42 Å². The van der Waals surface area contributed by atoms with Crippen LogP contribution in [0.15, 0.2) is 24.3 Å². The first-order valence-corrected chi connectivity index (χ1v) is 6.64. The molecule has 1 aromatic rings.